The molecule has 1 aromatic heterocycles. The van der Waals surface area contributed by atoms with Gasteiger partial charge in [-0.3, -0.25) is 4.79 Å². The second-order valence-electron chi connectivity index (χ2n) is 7.19. The Balaban J connectivity index is 1.52. The molecule has 136 valence electrons. The zero-order valence-electron chi connectivity index (χ0n) is 14.5. The van der Waals surface area contributed by atoms with E-state index in [4.69, 9.17) is 4.42 Å². The van der Waals surface area contributed by atoms with Gasteiger partial charge in [-0.1, -0.05) is 31.0 Å². The number of benzene rings is 1. The topological polar surface area (TPSA) is 83.6 Å². The Bertz CT molecular complexity index is 801. The summed E-state index contributed by atoms with van der Waals surface area (Å²) in [6.45, 7) is 0. The summed E-state index contributed by atoms with van der Waals surface area (Å²) in [5.41, 5.74) is 1.39. The molecular weight excluding hydrogens is 332 g/mol. The van der Waals surface area contributed by atoms with Crippen LogP contribution in [0, 0.1) is 5.92 Å². The summed E-state index contributed by atoms with van der Waals surface area (Å²) in [4.78, 5) is 30.6. The molecule has 1 aliphatic carbocycles. The molecule has 2 aliphatic rings. The van der Waals surface area contributed by atoms with E-state index in [0.717, 1.165) is 31.2 Å². The molecule has 6 nitrogen and oxygen atoms in total. The fourth-order valence-corrected chi connectivity index (χ4v) is 4.39. The van der Waals surface area contributed by atoms with Crippen LogP contribution in [0.1, 0.15) is 37.8 Å². The molecule has 1 aromatic carbocycles. The lowest BCUT2D eigenvalue weighted by molar-refractivity contribution is -0.149. The Morgan fingerprint density at radius 2 is 1.96 bits per heavy atom. The first-order valence-electron chi connectivity index (χ1n) is 9.17. The number of nitrogens with zero attached hydrogens (tertiary/aromatic N) is 2. The number of carboxylic acid groups (broad SMARTS) is 1. The fraction of sp³-hybridized carbons (Fsp3) is 0.450. The number of aliphatic carboxylic acids is 1. The standard InChI is InChI=1S/C20H22N2O4/c23-18(11-15-12-26-19(21-15)13-6-2-1-3-7-13)22-16-9-5-4-8-14(16)10-17(22)20(24)25/h1-3,6-7,12,14,16-17H,4-5,8-11H2,(H,24,25)/t14-,16+,17+/m1/s1. The first kappa shape index (κ1) is 16.8. The number of carboxylic acids is 1. The Hall–Kier alpha value is -2.63. The molecule has 2 aromatic rings. The monoisotopic (exact) mass is 354 g/mol. The van der Waals surface area contributed by atoms with Crippen molar-refractivity contribution >= 4 is 11.9 Å². The number of fused-ring (bicyclic) bond motifs is 1. The highest BCUT2D eigenvalue weighted by molar-refractivity contribution is 5.86. The maximum Gasteiger partial charge on any atom is 0.326 e. The zero-order valence-corrected chi connectivity index (χ0v) is 14.5. The van der Waals surface area contributed by atoms with Crippen LogP contribution in [0.5, 0.6) is 0 Å². The lowest BCUT2D eigenvalue weighted by Gasteiger charge is -2.32. The smallest absolute Gasteiger partial charge is 0.326 e. The summed E-state index contributed by atoms with van der Waals surface area (Å²) in [5.74, 6) is -0.288. The predicted molar refractivity (Wildman–Crippen MR) is 94.3 cm³/mol. The molecule has 6 heteroatoms. The van der Waals surface area contributed by atoms with E-state index in [-0.39, 0.29) is 18.4 Å². The summed E-state index contributed by atoms with van der Waals surface area (Å²) >= 11 is 0. The molecule has 0 radical (unpaired) electrons. The van der Waals surface area contributed by atoms with Gasteiger partial charge in [0.15, 0.2) is 0 Å². The Labute approximate surface area is 151 Å². The molecule has 2 heterocycles. The van der Waals surface area contributed by atoms with E-state index in [1.54, 1.807) is 4.90 Å². The number of oxazole rings is 1. The molecule has 1 saturated carbocycles. The van der Waals surface area contributed by atoms with Crippen molar-refractivity contribution < 1.29 is 19.1 Å². The molecule has 0 unspecified atom stereocenters. The number of carbonyl (C=O) groups excluding carboxylic acids is 1. The maximum atomic E-state index is 12.9. The van der Waals surface area contributed by atoms with Gasteiger partial charge in [-0.15, -0.1) is 0 Å². The maximum absolute atomic E-state index is 12.9. The zero-order chi connectivity index (χ0) is 18.1. The van der Waals surface area contributed by atoms with E-state index in [9.17, 15) is 14.7 Å². The number of aromatic nitrogens is 1. The van der Waals surface area contributed by atoms with Gasteiger partial charge >= 0.3 is 5.97 Å². The Morgan fingerprint density at radius 1 is 1.19 bits per heavy atom. The summed E-state index contributed by atoms with van der Waals surface area (Å²) < 4.78 is 5.50. The fourth-order valence-electron chi connectivity index (χ4n) is 4.39. The van der Waals surface area contributed by atoms with Crippen molar-refractivity contribution in [3.8, 4) is 11.5 Å². The average Bonchev–Trinajstić information content (AvgIpc) is 3.27. The van der Waals surface area contributed by atoms with Gasteiger partial charge in [0.2, 0.25) is 11.8 Å². The van der Waals surface area contributed by atoms with E-state index in [2.05, 4.69) is 4.98 Å². The van der Waals surface area contributed by atoms with E-state index < -0.39 is 12.0 Å². The van der Waals surface area contributed by atoms with Gasteiger partial charge in [0.1, 0.15) is 12.3 Å². The second-order valence-corrected chi connectivity index (χ2v) is 7.19. The van der Waals surface area contributed by atoms with Crippen LogP contribution in [0.25, 0.3) is 11.5 Å². The SMILES string of the molecule is O=C(O)[C@@H]1C[C@H]2CCCC[C@@H]2N1C(=O)Cc1coc(-c2ccccc2)n1. The number of rotatable bonds is 4. The molecular formula is C20H22N2O4. The first-order chi connectivity index (χ1) is 12.6. The third-order valence-corrected chi connectivity index (χ3v) is 5.57. The summed E-state index contributed by atoms with van der Waals surface area (Å²) in [6, 6.07) is 8.84. The van der Waals surface area contributed by atoms with Crippen molar-refractivity contribution in [3.05, 3.63) is 42.3 Å². The van der Waals surface area contributed by atoms with Crippen LogP contribution in [-0.2, 0) is 16.0 Å². The largest absolute Gasteiger partial charge is 0.480 e. The number of hydrogen-bond acceptors (Lipinski definition) is 4. The van der Waals surface area contributed by atoms with Crippen molar-refractivity contribution in [2.45, 2.75) is 50.6 Å². The Kier molecular flexibility index (Phi) is 4.49. The van der Waals surface area contributed by atoms with Crippen molar-refractivity contribution in [3.63, 3.8) is 0 Å². The van der Waals surface area contributed by atoms with Gasteiger partial charge in [-0.05, 0) is 37.3 Å². The highest BCUT2D eigenvalue weighted by Gasteiger charge is 2.47. The minimum atomic E-state index is -0.905. The van der Waals surface area contributed by atoms with Crippen LogP contribution < -0.4 is 0 Å². The van der Waals surface area contributed by atoms with Crippen molar-refractivity contribution in [2.24, 2.45) is 5.92 Å². The summed E-state index contributed by atoms with van der Waals surface area (Å²) in [6.07, 6.45) is 6.22. The highest BCUT2D eigenvalue weighted by Crippen LogP contribution is 2.40. The number of hydrogen-bond donors (Lipinski definition) is 1. The van der Waals surface area contributed by atoms with E-state index in [1.807, 2.05) is 30.3 Å². The molecule has 26 heavy (non-hydrogen) atoms. The second kappa shape index (κ2) is 6.94. The summed E-state index contributed by atoms with van der Waals surface area (Å²) in [7, 11) is 0. The normalized spacial score (nSPS) is 25.1. The summed E-state index contributed by atoms with van der Waals surface area (Å²) in [5, 5.41) is 9.57. The molecule has 3 atom stereocenters. The van der Waals surface area contributed by atoms with E-state index in [0.29, 0.717) is 23.9 Å². The molecule has 1 aliphatic heterocycles. The lowest BCUT2D eigenvalue weighted by atomic mass is 9.84. The van der Waals surface area contributed by atoms with Gasteiger partial charge in [0, 0.05) is 11.6 Å². The minimum absolute atomic E-state index is 0.0536. The van der Waals surface area contributed by atoms with Gasteiger partial charge < -0.3 is 14.4 Å². The molecule has 0 spiro atoms. The van der Waals surface area contributed by atoms with Crippen LogP contribution in [0.4, 0.5) is 0 Å². The molecule has 1 amide bonds. The van der Waals surface area contributed by atoms with Crippen molar-refractivity contribution in [1.29, 1.82) is 0 Å². The minimum Gasteiger partial charge on any atom is -0.480 e. The van der Waals surface area contributed by atoms with Crippen LogP contribution >= 0.6 is 0 Å². The first-order valence-corrected chi connectivity index (χ1v) is 9.17. The quantitative estimate of drug-likeness (QED) is 0.912. The number of carbonyl (C=O) groups is 2. The third-order valence-electron chi connectivity index (χ3n) is 5.57. The van der Waals surface area contributed by atoms with Crippen LogP contribution in [0.15, 0.2) is 41.0 Å². The van der Waals surface area contributed by atoms with Gasteiger partial charge in [0.25, 0.3) is 0 Å². The van der Waals surface area contributed by atoms with E-state index in [1.165, 1.54) is 6.26 Å². The van der Waals surface area contributed by atoms with Crippen LogP contribution in [0.3, 0.4) is 0 Å². The lowest BCUT2D eigenvalue weighted by Crippen LogP contribution is -2.46. The molecule has 0 bridgehead atoms. The molecule has 4 rings (SSSR count). The number of likely N-dealkylation sites (tertiary alicyclic amines) is 1. The average molecular weight is 354 g/mol. The molecule has 2 fully saturated rings. The van der Waals surface area contributed by atoms with Crippen molar-refractivity contribution in [1.82, 2.24) is 9.88 Å². The van der Waals surface area contributed by atoms with Crippen LogP contribution in [0.2, 0.25) is 0 Å². The highest BCUT2D eigenvalue weighted by atomic mass is 16.4. The van der Waals surface area contributed by atoms with E-state index >= 15 is 0 Å². The molecule has 1 N–H and O–H groups in total. The van der Waals surface area contributed by atoms with Crippen LogP contribution in [-0.4, -0.2) is 39.0 Å². The van der Waals surface area contributed by atoms with Gasteiger partial charge in [-0.2, -0.15) is 0 Å². The number of amides is 1. The molecule has 1 saturated heterocycles. The predicted octanol–water partition coefficient (Wildman–Crippen LogP) is 3.13. The van der Waals surface area contributed by atoms with Gasteiger partial charge in [0.05, 0.1) is 12.1 Å². The van der Waals surface area contributed by atoms with Crippen molar-refractivity contribution in [2.75, 3.05) is 0 Å². The third kappa shape index (κ3) is 3.11. The Morgan fingerprint density at radius 3 is 2.73 bits per heavy atom. The van der Waals surface area contributed by atoms with Gasteiger partial charge in [-0.25, -0.2) is 9.78 Å².